The number of aromatic nitrogens is 1. The highest BCUT2D eigenvalue weighted by molar-refractivity contribution is 7.22. The van der Waals surface area contributed by atoms with Gasteiger partial charge in [0.25, 0.3) is 5.91 Å². The Morgan fingerprint density at radius 1 is 1.29 bits per heavy atom. The molecule has 1 aromatic heterocycles. The molecule has 124 valence electrons. The monoisotopic (exact) mass is 344 g/mol. The van der Waals surface area contributed by atoms with Gasteiger partial charge < -0.3 is 4.74 Å². The number of hydrogen-bond donors (Lipinski definition) is 1. The Morgan fingerprint density at radius 2 is 2.04 bits per heavy atom. The van der Waals surface area contributed by atoms with Crippen LogP contribution < -0.4 is 10.1 Å². The standard InChI is InChI=1S/C18H17FN2O2S/c1-3-15(23-13-7-5-12(19)6-8-13)17(22)21-18-20-14-9-4-11(2)10-16(14)24-18/h4-10,15H,3H2,1-2H3,(H,20,21,22). The van der Waals surface area contributed by atoms with Gasteiger partial charge in [0.15, 0.2) is 11.2 Å². The molecule has 1 heterocycles. The second-order valence-corrected chi connectivity index (χ2v) is 6.48. The number of anilines is 1. The number of nitrogens with one attached hydrogen (secondary N) is 1. The van der Waals surface area contributed by atoms with Gasteiger partial charge in [0.05, 0.1) is 10.2 Å². The number of halogens is 1. The van der Waals surface area contributed by atoms with Crippen molar-refractivity contribution in [3.05, 3.63) is 53.8 Å². The summed E-state index contributed by atoms with van der Waals surface area (Å²) in [6.07, 6.45) is -0.170. The van der Waals surface area contributed by atoms with Gasteiger partial charge in [-0.1, -0.05) is 24.3 Å². The largest absolute Gasteiger partial charge is 0.481 e. The van der Waals surface area contributed by atoms with Gasteiger partial charge in [-0.05, 0) is 55.3 Å². The third-order valence-corrected chi connectivity index (χ3v) is 4.46. The molecular formula is C18H17FN2O2S. The van der Waals surface area contributed by atoms with Crippen LogP contribution in [-0.2, 0) is 4.79 Å². The number of ether oxygens (including phenoxy) is 1. The quantitative estimate of drug-likeness (QED) is 0.739. The van der Waals surface area contributed by atoms with Crippen molar-refractivity contribution in [2.45, 2.75) is 26.4 Å². The molecular weight excluding hydrogens is 327 g/mol. The summed E-state index contributed by atoms with van der Waals surface area (Å²) >= 11 is 1.43. The average Bonchev–Trinajstić information content (AvgIpc) is 2.95. The Morgan fingerprint density at radius 3 is 2.75 bits per heavy atom. The number of aryl methyl sites for hydroxylation is 1. The smallest absolute Gasteiger partial charge is 0.267 e. The summed E-state index contributed by atoms with van der Waals surface area (Å²) in [6.45, 7) is 3.87. The van der Waals surface area contributed by atoms with Gasteiger partial charge in [-0.15, -0.1) is 0 Å². The molecule has 1 amide bonds. The van der Waals surface area contributed by atoms with E-state index in [0.717, 1.165) is 15.8 Å². The average molecular weight is 344 g/mol. The van der Waals surface area contributed by atoms with Crippen molar-refractivity contribution in [1.29, 1.82) is 0 Å². The summed E-state index contributed by atoms with van der Waals surface area (Å²) in [4.78, 5) is 16.8. The van der Waals surface area contributed by atoms with E-state index >= 15 is 0 Å². The van der Waals surface area contributed by atoms with Crippen molar-refractivity contribution in [2.75, 3.05) is 5.32 Å². The van der Waals surface area contributed by atoms with E-state index in [9.17, 15) is 9.18 Å². The minimum Gasteiger partial charge on any atom is -0.481 e. The van der Waals surface area contributed by atoms with E-state index in [1.165, 1.54) is 35.6 Å². The third-order valence-electron chi connectivity index (χ3n) is 3.53. The van der Waals surface area contributed by atoms with Crippen LogP contribution in [0, 0.1) is 12.7 Å². The molecule has 0 aliphatic rings. The van der Waals surface area contributed by atoms with Crippen LogP contribution in [-0.4, -0.2) is 17.0 Å². The predicted molar refractivity (Wildman–Crippen MR) is 94.1 cm³/mol. The summed E-state index contributed by atoms with van der Waals surface area (Å²) in [5.74, 6) is -0.152. The molecule has 0 radical (unpaired) electrons. The SMILES string of the molecule is CCC(Oc1ccc(F)cc1)C(=O)Nc1nc2ccc(C)cc2s1. The first-order valence-corrected chi connectivity index (χ1v) is 8.47. The number of benzene rings is 2. The highest BCUT2D eigenvalue weighted by Gasteiger charge is 2.20. The van der Waals surface area contributed by atoms with E-state index in [2.05, 4.69) is 10.3 Å². The van der Waals surface area contributed by atoms with Crippen molar-refractivity contribution in [3.63, 3.8) is 0 Å². The Labute approximate surface area is 143 Å². The summed E-state index contributed by atoms with van der Waals surface area (Å²) < 4.78 is 19.6. The highest BCUT2D eigenvalue weighted by atomic mass is 32.1. The Hall–Kier alpha value is -2.47. The Balaban J connectivity index is 1.72. The molecule has 0 saturated carbocycles. The van der Waals surface area contributed by atoms with E-state index < -0.39 is 6.10 Å². The zero-order valence-corrected chi connectivity index (χ0v) is 14.2. The molecule has 1 unspecified atom stereocenters. The lowest BCUT2D eigenvalue weighted by molar-refractivity contribution is -0.122. The van der Waals surface area contributed by atoms with Crippen molar-refractivity contribution < 1.29 is 13.9 Å². The van der Waals surface area contributed by atoms with Gasteiger partial charge >= 0.3 is 0 Å². The third kappa shape index (κ3) is 3.71. The lowest BCUT2D eigenvalue weighted by Crippen LogP contribution is -2.32. The van der Waals surface area contributed by atoms with Crippen LogP contribution in [0.15, 0.2) is 42.5 Å². The molecule has 24 heavy (non-hydrogen) atoms. The first-order valence-electron chi connectivity index (χ1n) is 7.65. The second kappa shape index (κ2) is 6.97. The number of thiazole rings is 1. The van der Waals surface area contributed by atoms with Crippen LogP contribution in [0.2, 0.25) is 0 Å². The predicted octanol–water partition coefficient (Wildman–Crippen LogP) is 4.54. The topological polar surface area (TPSA) is 51.2 Å². The van der Waals surface area contributed by atoms with Crippen molar-refractivity contribution in [2.24, 2.45) is 0 Å². The summed E-state index contributed by atoms with van der Waals surface area (Å²) in [5.41, 5.74) is 2.00. The summed E-state index contributed by atoms with van der Waals surface area (Å²) in [5, 5.41) is 3.35. The van der Waals surface area contributed by atoms with Gasteiger partial charge in [-0.2, -0.15) is 0 Å². The van der Waals surface area contributed by atoms with Crippen LogP contribution >= 0.6 is 11.3 Å². The Bertz CT molecular complexity index is 861. The molecule has 4 nitrogen and oxygen atoms in total. The molecule has 0 saturated heterocycles. The molecule has 3 aromatic rings. The van der Waals surface area contributed by atoms with Gasteiger partial charge in [-0.25, -0.2) is 9.37 Å². The van der Waals surface area contributed by atoms with Crippen molar-refractivity contribution >= 4 is 32.6 Å². The number of hydrogen-bond acceptors (Lipinski definition) is 4. The molecule has 3 rings (SSSR count). The van der Waals surface area contributed by atoms with Gasteiger partial charge in [0.2, 0.25) is 0 Å². The normalized spacial score (nSPS) is 12.1. The van der Waals surface area contributed by atoms with Crippen LogP contribution in [0.3, 0.4) is 0 Å². The molecule has 0 aliphatic carbocycles. The number of nitrogens with zero attached hydrogens (tertiary/aromatic N) is 1. The number of fused-ring (bicyclic) bond motifs is 1. The van der Waals surface area contributed by atoms with E-state index in [0.29, 0.717) is 17.3 Å². The maximum Gasteiger partial charge on any atom is 0.267 e. The number of carbonyl (C=O) groups is 1. The Kier molecular flexibility index (Phi) is 4.76. The molecule has 0 bridgehead atoms. The maximum atomic E-state index is 12.9. The summed E-state index contributed by atoms with van der Waals surface area (Å²) in [7, 11) is 0. The summed E-state index contributed by atoms with van der Waals surface area (Å²) in [6, 6.07) is 11.6. The van der Waals surface area contributed by atoms with Crippen molar-refractivity contribution in [1.82, 2.24) is 4.98 Å². The first-order chi connectivity index (χ1) is 11.5. The minimum atomic E-state index is -0.663. The fourth-order valence-electron chi connectivity index (χ4n) is 2.27. The molecule has 6 heteroatoms. The maximum absolute atomic E-state index is 12.9. The van der Waals surface area contributed by atoms with Crippen LogP contribution in [0.25, 0.3) is 10.2 Å². The van der Waals surface area contributed by atoms with Crippen LogP contribution in [0.4, 0.5) is 9.52 Å². The molecule has 0 aliphatic heterocycles. The van der Waals surface area contributed by atoms with Crippen LogP contribution in [0.1, 0.15) is 18.9 Å². The van der Waals surface area contributed by atoms with E-state index in [1.807, 2.05) is 32.0 Å². The highest BCUT2D eigenvalue weighted by Crippen LogP contribution is 2.27. The van der Waals surface area contributed by atoms with E-state index in [1.54, 1.807) is 0 Å². The second-order valence-electron chi connectivity index (χ2n) is 5.45. The molecule has 0 fully saturated rings. The van der Waals surface area contributed by atoms with Crippen LogP contribution in [0.5, 0.6) is 5.75 Å². The molecule has 1 atom stereocenters. The van der Waals surface area contributed by atoms with Gasteiger partial charge in [0.1, 0.15) is 11.6 Å². The minimum absolute atomic E-state index is 0.266. The lowest BCUT2D eigenvalue weighted by atomic mass is 10.2. The first kappa shape index (κ1) is 16.4. The lowest BCUT2D eigenvalue weighted by Gasteiger charge is -2.16. The fourth-order valence-corrected chi connectivity index (χ4v) is 3.24. The molecule has 0 spiro atoms. The zero-order valence-electron chi connectivity index (χ0n) is 13.4. The zero-order chi connectivity index (χ0) is 17.1. The number of rotatable bonds is 5. The number of amides is 1. The number of carbonyl (C=O) groups excluding carboxylic acids is 1. The van der Waals surface area contributed by atoms with E-state index in [4.69, 9.17) is 4.74 Å². The van der Waals surface area contributed by atoms with Gasteiger partial charge in [0, 0.05) is 0 Å². The van der Waals surface area contributed by atoms with Gasteiger partial charge in [-0.3, -0.25) is 10.1 Å². The fraction of sp³-hybridized carbons (Fsp3) is 0.222. The van der Waals surface area contributed by atoms with E-state index in [-0.39, 0.29) is 11.7 Å². The molecule has 1 N–H and O–H groups in total. The van der Waals surface area contributed by atoms with Crippen molar-refractivity contribution in [3.8, 4) is 5.75 Å². The molecule has 2 aromatic carbocycles.